The zero-order valence-corrected chi connectivity index (χ0v) is 13.7. The highest BCUT2D eigenvalue weighted by atomic mass is 16.5. The van der Waals surface area contributed by atoms with Gasteiger partial charge in [-0.15, -0.1) is 0 Å². The van der Waals surface area contributed by atoms with Crippen molar-refractivity contribution in [3.63, 3.8) is 0 Å². The Morgan fingerprint density at radius 2 is 1.67 bits per heavy atom. The zero-order chi connectivity index (χ0) is 15.2. The summed E-state index contributed by atoms with van der Waals surface area (Å²) in [5, 5.41) is 0. The molecule has 0 spiro atoms. The predicted octanol–water partition coefficient (Wildman–Crippen LogP) is 1.92. The Kier molecular flexibility index (Phi) is 5.74. The molecular weight excluding hydrogens is 266 g/mol. The molecule has 1 saturated carbocycles. The Morgan fingerprint density at radius 1 is 1.05 bits per heavy atom. The lowest BCUT2D eigenvalue weighted by Gasteiger charge is -2.20. The maximum Gasteiger partial charge on any atom is 0.203 e. The standard InChI is InChI=1S/C17H27NO3/c1-5-8-18(11-13-6-7-13)12-14-9-15(19-2)17(21-4)16(10-14)20-3/h9-10,13H,5-8,11-12H2,1-4H3/p+1. The molecule has 1 aliphatic rings. The first-order valence-corrected chi connectivity index (χ1v) is 7.84. The van der Waals surface area contributed by atoms with Crippen LogP contribution in [-0.4, -0.2) is 34.4 Å². The second kappa shape index (κ2) is 7.55. The first kappa shape index (κ1) is 16.0. The Labute approximate surface area is 128 Å². The number of hydrogen-bond donors (Lipinski definition) is 1. The first-order chi connectivity index (χ1) is 10.2. The summed E-state index contributed by atoms with van der Waals surface area (Å²) in [4.78, 5) is 1.65. The molecule has 1 atom stereocenters. The van der Waals surface area contributed by atoms with E-state index in [4.69, 9.17) is 14.2 Å². The molecule has 0 saturated heterocycles. The number of hydrogen-bond acceptors (Lipinski definition) is 3. The molecule has 0 bridgehead atoms. The van der Waals surface area contributed by atoms with Crippen LogP contribution in [0.5, 0.6) is 17.2 Å². The van der Waals surface area contributed by atoms with Gasteiger partial charge in [0.1, 0.15) is 6.54 Å². The predicted molar refractivity (Wildman–Crippen MR) is 83.5 cm³/mol. The van der Waals surface area contributed by atoms with Gasteiger partial charge < -0.3 is 19.1 Å². The summed E-state index contributed by atoms with van der Waals surface area (Å²) >= 11 is 0. The summed E-state index contributed by atoms with van der Waals surface area (Å²) in [6, 6.07) is 4.15. The molecule has 21 heavy (non-hydrogen) atoms. The Hall–Kier alpha value is -1.42. The molecule has 1 aliphatic carbocycles. The van der Waals surface area contributed by atoms with E-state index in [0.717, 1.165) is 24.0 Å². The fourth-order valence-corrected chi connectivity index (χ4v) is 2.87. The van der Waals surface area contributed by atoms with Crippen molar-refractivity contribution < 1.29 is 19.1 Å². The normalized spacial score (nSPS) is 15.6. The lowest BCUT2D eigenvalue weighted by molar-refractivity contribution is -0.915. The maximum absolute atomic E-state index is 5.44. The summed E-state index contributed by atoms with van der Waals surface area (Å²) in [6.07, 6.45) is 4.03. The fourth-order valence-electron chi connectivity index (χ4n) is 2.87. The number of ether oxygens (including phenoxy) is 3. The van der Waals surface area contributed by atoms with Gasteiger partial charge in [0.2, 0.25) is 5.75 Å². The minimum Gasteiger partial charge on any atom is -0.493 e. The van der Waals surface area contributed by atoms with Gasteiger partial charge in [0, 0.05) is 11.5 Å². The number of benzene rings is 1. The lowest BCUT2D eigenvalue weighted by atomic mass is 10.1. The van der Waals surface area contributed by atoms with Crippen LogP contribution in [0.4, 0.5) is 0 Å². The smallest absolute Gasteiger partial charge is 0.203 e. The second-order valence-corrected chi connectivity index (χ2v) is 5.86. The quantitative estimate of drug-likeness (QED) is 0.755. The van der Waals surface area contributed by atoms with Crippen molar-refractivity contribution in [3.8, 4) is 17.2 Å². The highest BCUT2D eigenvalue weighted by molar-refractivity contribution is 5.53. The Morgan fingerprint density at radius 3 is 2.10 bits per heavy atom. The van der Waals surface area contributed by atoms with Crippen LogP contribution >= 0.6 is 0 Å². The number of nitrogens with one attached hydrogen (secondary N) is 1. The van der Waals surface area contributed by atoms with Crippen molar-refractivity contribution in [2.45, 2.75) is 32.7 Å². The molecule has 1 unspecified atom stereocenters. The van der Waals surface area contributed by atoms with E-state index in [1.807, 2.05) is 0 Å². The lowest BCUT2D eigenvalue weighted by Crippen LogP contribution is -3.11. The van der Waals surface area contributed by atoms with Crippen LogP contribution in [0.25, 0.3) is 0 Å². The summed E-state index contributed by atoms with van der Waals surface area (Å²) in [5.74, 6) is 3.10. The van der Waals surface area contributed by atoms with Crippen LogP contribution in [0, 0.1) is 5.92 Å². The third kappa shape index (κ3) is 4.27. The Bertz CT molecular complexity index is 432. The molecule has 2 rings (SSSR count). The summed E-state index contributed by atoms with van der Waals surface area (Å²) < 4.78 is 16.3. The fraction of sp³-hybridized carbons (Fsp3) is 0.647. The molecule has 1 aromatic carbocycles. The molecule has 118 valence electrons. The van der Waals surface area contributed by atoms with Gasteiger partial charge in [-0.3, -0.25) is 0 Å². The molecule has 4 nitrogen and oxygen atoms in total. The molecule has 1 aromatic rings. The van der Waals surface area contributed by atoms with E-state index in [1.54, 1.807) is 26.2 Å². The van der Waals surface area contributed by atoms with Crippen molar-refractivity contribution in [1.82, 2.24) is 0 Å². The molecular formula is C17H28NO3+. The molecule has 0 aliphatic heterocycles. The first-order valence-electron chi connectivity index (χ1n) is 7.84. The van der Waals surface area contributed by atoms with Gasteiger partial charge in [-0.25, -0.2) is 0 Å². The minimum absolute atomic E-state index is 0.669. The van der Waals surface area contributed by atoms with Gasteiger partial charge in [0.15, 0.2) is 11.5 Å². The van der Waals surface area contributed by atoms with E-state index in [9.17, 15) is 0 Å². The van der Waals surface area contributed by atoms with Gasteiger partial charge in [-0.2, -0.15) is 0 Å². The van der Waals surface area contributed by atoms with Crippen molar-refractivity contribution in [2.24, 2.45) is 5.92 Å². The maximum atomic E-state index is 5.44. The average molecular weight is 294 g/mol. The summed E-state index contributed by atoms with van der Waals surface area (Å²) in [7, 11) is 4.98. The van der Waals surface area contributed by atoms with Crippen LogP contribution in [0.2, 0.25) is 0 Å². The molecule has 4 heteroatoms. The van der Waals surface area contributed by atoms with Gasteiger partial charge in [-0.1, -0.05) is 6.92 Å². The molecule has 0 heterocycles. The second-order valence-electron chi connectivity index (χ2n) is 5.86. The van der Waals surface area contributed by atoms with Gasteiger partial charge >= 0.3 is 0 Å². The van der Waals surface area contributed by atoms with E-state index in [1.165, 1.54) is 37.9 Å². The highest BCUT2D eigenvalue weighted by Gasteiger charge is 2.27. The van der Waals surface area contributed by atoms with E-state index in [0.29, 0.717) is 5.75 Å². The molecule has 0 aromatic heterocycles. The topological polar surface area (TPSA) is 32.1 Å². The number of quaternary nitrogens is 1. The monoisotopic (exact) mass is 294 g/mol. The van der Waals surface area contributed by atoms with Gasteiger partial charge in [0.05, 0.1) is 34.4 Å². The van der Waals surface area contributed by atoms with Crippen molar-refractivity contribution >= 4 is 0 Å². The molecule has 1 fully saturated rings. The van der Waals surface area contributed by atoms with Gasteiger partial charge in [0.25, 0.3) is 0 Å². The zero-order valence-electron chi connectivity index (χ0n) is 13.7. The van der Waals surface area contributed by atoms with Crippen LogP contribution in [0.3, 0.4) is 0 Å². The van der Waals surface area contributed by atoms with Crippen LogP contribution in [0.15, 0.2) is 12.1 Å². The van der Waals surface area contributed by atoms with Gasteiger partial charge in [-0.05, 0) is 31.4 Å². The van der Waals surface area contributed by atoms with Crippen molar-refractivity contribution in [3.05, 3.63) is 17.7 Å². The number of methoxy groups -OCH3 is 3. The third-order valence-corrected chi connectivity index (χ3v) is 4.06. The molecule has 0 radical (unpaired) electrons. The highest BCUT2D eigenvalue weighted by Crippen LogP contribution is 2.38. The van der Waals surface area contributed by atoms with Crippen LogP contribution in [-0.2, 0) is 6.54 Å². The molecule has 0 amide bonds. The van der Waals surface area contributed by atoms with Crippen LogP contribution < -0.4 is 19.1 Å². The SMILES string of the molecule is CCC[NH+](Cc1cc(OC)c(OC)c(OC)c1)CC1CC1. The molecule has 1 N–H and O–H groups in total. The van der Waals surface area contributed by atoms with E-state index >= 15 is 0 Å². The van der Waals surface area contributed by atoms with E-state index in [-0.39, 0.29) is 0 Å². The minimum atomic E-state index is 0.669. The van der Waals surface area contributed by atoms with E-state index in [2.05, 4.69) is 19.1 Å². The summed E-state index contributed by atoms with van der Waals surface area (Å²) in [6.45, 7) is 5.76. The third-order valence-electron chi connectivity index (χ3n) is 4.06. The van der Waals surface area contributed by atoms with Crippen molar-refractivity contribution in [1.29, 1.82) is 0 Å². The average Bonchev–Trinajstić information content (AvgIpc) is 3.30. The summed E-state index contributed by atoms with van der Waals surface area (Å²) in [5.41, 5.74) is 1.24. The van der Waals surface area contributed by atoms with Crippen LogP contribution in [0.1, 0.15) is 31.7 Å². The largest absolute Gasteiger partial charge is 0.493 e. The van der Waals surface area contributed by atoms with E-state index < -0.39 is 0 Å². The van der Waals surface area contributed by atoms with Crippen molar-refractivity contribution in [2.75, 3.05) is 34.4 Å². The Balaban J connectivity index is 2.16. The number of rotatable bonds is 9.